The van der Waals surface area contributed by atoms with E-state index in [-0.39, 0.29) is 19.0 Å². The zero-order chi connectivity index (χ0) is 22.2. The summed E-state index contributed by atoms with van der Waals surface area (Å²) in [5.41, 5.74) is 10.9. The van der Waals surface area contributed by atoms with Crippen LogP contribution in [0.25, 0.3) is 10.4 Å². The average molecular weight is 456 g/mol. The molecule has 0 fully saturated rings. The number of hydrogen-bond acceptors (Lipinski definition) is 4. The first kappa shape index (κ1) is 22.5. The lowest BCUT2D eigenvalue weighted by Crippen LogP contribution is -2.10. The fourth-order valence-electron chi connectivity index (χ4n) is 2.97. The van der Waals surface area contributed by atoms with E-state index in [1.807, 2.05) is 36.4 Å². The van der Waals surface area contributed by atoms with Gasteiger partial charge in [0.15, 0.2) is 11.5 Å². The van der Waals surface area contributed by atoms with Crippen molar-refractivity contribution in [3.05, 3.63) is 104 Å². The summed E-state index contributed by atoms with van der Waals surface area (Å²) < 4.78 is 12.0. The molecule has 0 aliphatic rings. The summed E-state index contributed by atoms with van der Waals surface area (Å²) in [4.78, 5) is 15.0. The first-order chi connectivity index (χ1) is 15.0. The minimum Gasteiger partial charge on any atom is -0.485 e. The van der Waals surface area contributed by atoms with Gasteiger partial charge in [0.2, 0.25) is 0 Å². The molecule has 0 aliphatic heterocycles. The Morgan fingerprint density at radius 3 is 2.06 bits per heavy atom. The molecule has 1 atom stereocenters. The number of rotatable bonds is 9. The highest BCUT2D eigenvalue weighted by Crippen LogP contribution is 2.38. The fraction of sp³-hybridized carbons (Fsp3) is 0.174. The summed E-state index contributed by atoms with van der Waals surface area (Å²) in [5, 5.41) is 4.78. The Bertz CT molecular complexity index is 1130. The summed E-state index contributed by atoms with van der Waals surface area (Å²) in [6, 6.07) is 18.7. The van der Waals surface area contributed by atoms with Crippen molar-refractivity contribution >= 4 is 29.0 Å². The highest BCUT2D eigenvalue weighted by molar-refractivity contribution is 6.31. The number of para-hydroxylation sites is 1. The van der Waals surface area contributed by atoms with Crippen LogP contribution in [-0.4, -0.2) is 5.78 Å². The molecule has 0 spiro atoms. The Balaban J connectivity index is 1.97. The van der Waals surface area contributed by atoms with Crippen LogP contribution in [0.4, 0.5) is 0 Å². The molecule has 3 rings (SSSR count). The smallest absolute Gasteiger partial charge is 0.165 e. The van der Waals surface area contributed by atoms with Gasteiger partial charge in [0.1, 0.15) is 25.0 Å². The van der Waals surface area contributed by atoms with Crippen molar-refractivity contribution in [3.8, 4) is 11.5 Å². The predicted octanol–water partition coefficient (Wildman–Crippen LogP) is 7.09. The molecule has 0 amide bonds. The monoisotopic (exact) mass is 455 g/mol. The number of benzene rings is 3. The number of Topliss-reactive ketones (excluding diaryl/α,β-unsaturated/α-hetero) is 1. The first-order valence-corrected chi connectivity index (χ1v) is 10.2. The Hall–Kier alpha value is -3.18. The van der Waals surface area contributed by atoms with E-state index in [1.165, 1.54) is 6.92 Å². The zero-order valence-corrected chi connectivity index (χ0v) is 18.2. The second-order valence-electron chi connectivity index (χ2n) is 6.65. The van der Waals surface area contributed by atoms with Crippen LogP contribution in [0, 0.1) is 0 Å². The van der Waals surface area contributed by atoms with Crippen molar-refractivity contribution in [2.45, 2.75) is 26.2 Å². The normalized spacial score (nSPS) is 11.3. The van der Waals surface area contributed by atoms with Crippen LogP contribution in [0.15, 0.2) is 71.8 Å². The number of halogens is 2. The molecule has 0 saturated heterocycles. The van der Waals surface area contributed by atoms with Gasteiger partial charge >= 0.3 is 0 Å². The fourth-order valence-corrected chi connectivity index (χ4v) is 3.35. The van der Waals surface area contributed by atoms with Gasteiger partial charge < -0.3 is 9.47 Å². The number of nitrogens with zero attached hydrogens (tertiary/aromatic N) is 3. The molecule has 31 heavy (non-hydrogen) atoms. The summed E-state index contributed by atoms with van der Waals surface area (Å²) in [5.74, 6) is 0.384. The summed E-state index contributed by atoms with van der Waals surface area (Å²) in [6.07, 6.45) is 0. The Morgan fingerprint density at radius 2 is 1.52 bits per heavy atom. The maximum atomic E-state index is 12.2. The summed E-state index contributed by atoms with van der Waals surface area (Å²) in [6.45, 7) is 1.69. The van der Waals surface area contributed by atoms with Gasteiger partial charge in [-0.05, 0) is 30.7 Å². The van der Waals surface area contributed by atoms with Gasteiger partial charge in [0, 0.05) is 31.6 Å². The van der Waals surface area contributed by atoms with Crippen LogP contribution in [0.5, 0.6) is 11.5 Å². The number of carbonyl (C=O) groups excluding carboxylic acids is 1. The molecule has 0 bridgehead atoms. The van der Waals surface area contributed by atoms with Crippen molar-refractivity contribution in [1.82, 2.24) is 0 Å². The molecule has 8 heteroatoms. The molecule has 0 heterocycles. The number of carbonyl (C=O) groups is 1. The summed E-state index contributed by atoms with van der Waals surface area (Å²) >= 11 is 12.5. The van der Waals surface area contributed by atoms with E-state index in [9.17, 15) is 4.79 Å². The van der Waals surface area contributed by atoms with Crippen molar-refractivity contribution < 1.29 is 14.3 Å². The van der Waals surface area contributed by atoms with Crippen LogP contribution >= 0.6 is 23.2 Å². The number of hydrogen-bond donors (Lipinski definition) is 0. The molecule has 1 unspecified atom stereocenters. The second-order valence-corrected chi connectivity index (χ2v) is 7.47. The van der Waals surface area contributed by atoms with Crippen LogP contribution < -0.4 is 9.47 Å². The molecule has 3 aromatic carbocycles. The minimum absolute atomic E-state index is 0.139. The third kappa shape index (κ3) is 5.70. The molecule has 0 saturated carbocycles. The van der Waals surface area contributed by atoms with Crippen LogP contribution in [0.2, 0.25) is 10.0 Å². The Morgan fingerprint density at radius 1 is 0.935 bits per heavy atom. The van der Waals surface area contributed by atoms with E-state index in [0.29, 0.717) is 27.1 Å². The van der Waals surface area contributed by atoms with Gasteiger partial charge in [0.25, 0.3) is 0 Å². The van der Waals surface area contributed by atoms with E-state index in [2.05, 4.69) is 10.0 Å². The molecule has 0 aliphatic carbocycles. The van der Waals surface area contributed by atoms with E-state index >= 15 is 0 Å². The predicted molar refractivity (Wildman–Crippen MR) is 121 cm³/mol. The van der Waals surface area contributed by atoms with Gasteiger partial charge in [-0.15, -0.1) is 0 Å². The Kier molecular flexibility index (Phi) is 7.79. The molecule has 6 nitrogen and oxygen atoms in total. The maximum absolute atomic E-state index is 12.2. The van der Waals surface area contributed by atoms with E-state index < -0.39 is 6.04 Å². The molecule has 0 aromatic heterocycles. The molecular weight excluding hydrogens is 437 g/mol. The highest BCUT2D eigenvalue weighted by Gasteiger charge is 2.23. The first-order valence-electron chi connectivity index (χ1n) is 9.41. The Labute approximate surface area is 189 Å². The molecule has 158 valence electrons. The third-order valence-corrected chi connectivity index (χ3v) is 5.26. The van der Waals surface area contributed by atoms with E-state index in [1.54, 1.807) is 30.3 Å². The van der Waals surface area contributed by atoms with Crippen LogP contribution in [-0.2, 0) is 18.0 Å². The highest BCUT2D eigenvalue weighted by atomic mass is 35.5. The maximum Gasteiger partial charge on any atom is 0.165 e. The van der Waals surface area contributed by atoms with Crippen LogP contribution in [0.3, 0.4) is 0 Å². The SMILES string of the molecule is CC(=O)C(N=[N+]=[N-])c1cccc(OCc2ccccc2Cl)c1OCc1ccccc1Cl. The lowest BCUT2D eigenvalue weighted by Gasteiger charge is -2.19. The number of azide groups is 1. The lowest BCUT2D eigenvalue weighted by molar-refractivity contribution is -0.118. The molecular formula is C23H19Cl2N3O3. The van der Waals surface area contributed by atoms with Gasteiger partial charge in [-0.3, -0.25) is 4.79 Å². The quantitative estimate of drug-likeness (QED) is 0.196. The van der Waals surface area contributed by atoms with Crippen molar-refractivity contribution in [2.75, 3.05) is 0 Å². The molecule has 3 aromatic rings. The number of ether oxygens (including phenoxy) is 2. The second kappa shape index (κ2) is 10.7. The van der Waals surface area contributed by atoms with Gasteiger partial charge in [-0.25, -0.2) is 0 Å². The molecule has 0 N–H and O–H groups in total. The van der Waals surface area contributed by atoms with E-state index in [0.717, 1.165) is 11.1 Å². The third-order valence-electron chi connectivity index (χ3n) is 4.53. The van der Waals surface area contributed by atoms with Gasteiger partial charge in [-0.1, -0.05) is 76.8 Å². The standard InChI is InChI=1S/C23H19Cl2N3O3/c1-15(29)22(27-28-26)18-9-6-12-21(30-13-16-7-2-4-10-19(16)24)23(18)31-14-17-8-3-5-11-20(17)25/h2-12,22H,13-14H2,1H3. The average Bonchev–Trinajstić information content (AvgIpc) is 2.76. The largest absolute Gasteiger partial charge is 0.485 e. The number of ketones is 1. The molecule has 0 radical (unpaired) electrons. The van der Waals surface area contributed by atoms with Crippen LogP contribution in [0.1, 0.15) is 29.7 Å². The van der Waals surface area contributed by atoms with Gasteiger partial charge in [0.05, 0.1) is 0 Å². The minimum atomic E-state index is -1.05. The van der Waals surface area contributed by atoms with Gasteiger partial charge in [-0.2, -0.15) is 0 Å². The van der Waals surface area contributed by atoms with E-state index in [4.69, 9.17) is 38.2 Å². The topological polar surface area (TPSA) is 84.3 Å². The zero-order valence-electron chi connectivity index (χ0n) is 16.7. The van der Waals surface area contributed by atoms with Crippen molar-refractivity contribution in [1.29, 1.82) is 0 Å². The lowest BCUT2D eigenvalue weighted by atomic mass is 10.0. The van der Waals surface area contributed by atoms with Crippen molar-refractivity contribution in [3.63, 3.8) is 0 Å². The van der Waals surface area contributed by atoms with Crippen molar-refractivity contribution in [2.24, 2.45) is 5.11 Å². The summed E-state index contributed by atoms with van der Waals surface area (Å²) in [7, 11) is 0.